The lowest BCUT2D eigenvalue weighted by Gasteiger charge is -2.37. The van der Waals surface area contributed by atoms with E-state index in [1.165, 1.54) is 21.7 Å². The standard InChI is InChI=1S/C48H69N5O9/c1-30-26-40(54)31(2)43(56)52-24-21-35(22-25-52)42(55)49-37(28-34-17-19-36(61-9)20-18-34)45(58)50(7)32(3)44(57)51(8)39(29-33-14-11-10-12-15-33)46(59)53-23-13-16-38(53)47(60)62-41(27-30)48(4,5)6/h10-12,14-15,17-20,30-32,35,37-41,54H,13,16,21-29H2,1-9H3,(H,49,55)/t30-,31+,32+,37-,38-,39-,40-,41-/m0/s1. The lowest BCUT2D eigenvalue weighted by molar-refractivity contribution is -0.165. The number of aliphatic hydroxyl groups is 1. The lowest BCUT2D eigenvalue weighted by Crippen LogP contribution is -2.59. The van der Waals surface area contributed by atoms with Crippen LogP contribution in [0.15, 0.2) is 54.6 Å². The first-order valence-electron chi connectivity index (χ1n) is 22.3. The van der Waals surface area contributed by atoms with Crippen LogP contribution in [-0.4, -0.2) is 137 Å². The van der Waals surface area contributed by atoms with Gasteiger partial charge in [-0.15, -0.1) is 0 Å². The number of aliphatic hydroxyl groups excluding tert-OH is 1. The molecule has 340 valence electrons. The highest BCUT2D eigenvalue weighted by molar-refractivity contribution is 5.95. The fourth-order valence-electron chi connectivity index (χ4n) is 8.92. The summed E-state index contributed by atoms with van der Waals surface area (Å²) in [5.41, 5.74) is 1.11. The number of hydrogen-bond donors (Lipinski definition) is 2. The number of benzene rings is 2. The molecular formula is C48H69N5O9. The van der Waals surface area contributed by atoms with Gasteiger partial charge in [-0.2, -0.15) is 0 Å². The minimum Gasteiger partial charge on any atom is -0.497 e. The largest absolute Gasteiger partial charge is 0.497 e. The number of carbonyl (C=O) groups is 6. The highest BCUT2D eigenvalue weighted by atomic mass is 16.5. The highest BCUT2D eigenvalue weighted by Gasteiger charge is 2.44. The summed E-state index contributed by atoms with van der Waals surface area (Å²) < 4.78 is 11.6. The van der Waals surface area contributed by atoms with Crippen molar-refractivity contribution in [1.82, 2.24) is 24.9 Å². The predicted octanol–water partition coefficient (Wildman–Crippen LogP) is 4.25. The molecular weight excluding hydrogens is 791 g/mol. The Bertz CT molecular complexity index is 1880. The quantitative estimate of drug-likeness (QED) is 0.330. The molecule has 0 aliphatic carbocycles. The Hall–Kier alpha value is -4.98. The van der Waals surface area contributed by atoms with Gasteiger partial charge in [-0.3, -0.25) is 24.0 Å². The molecule has 2 bridgehead atoms. The van der Waals surface area contributed by atoms with E-state index in [0.717, 1.165) is 11.1 Å². The van der Waals surface area contributed by atoms with Crippen LogP contribution in [0.5, 0.6) is 5.75 Å². The number of nitrogens with one attached hydrogen (secondary N) is 1. The number of ether oxygens (including phenoxy) is 2. The molecule has 2 N–H and O–H groups in total. The summed E-state index contributed by atoms with van der Waals surface area (Å²) in [5, 5.41) is 14.3. The maximum Gasteiger partial charge on any atom is 0.329 e. The van der Waals surface area contributed by atoms with Gasteiger partial charge in [0.25, 0.3) is 0 Å². The number of hydrogen-bond acceptors (Lipinski definition) is 9. The van der Waals surface area contributed by atoms with Crippen molar-refractivity contribution in [2.45, 2.75) is 129 Å². The smallest absolute Gasteiger partial charge is 0.329 e. The number of piperidine rings is 1. The average Bonchev–Trinajstić information content (AvgIpc) is 3.76. The van der Waals surface area contributed by atoms with Gasteiger partial charge in [0.15, 0.2) is 0 Å². The number of nitrogens with zero attached hydrogens (tertiary/aromatic N) is 4. The van der Waals surface area contributed by atoms with E-state index < -0.39 is 77.3 Å². The Morgan fingerprint density at radius 1 is 0.758 bits per heavy atom. The van der Waals surface area contributed by atoms with E-state index in [0.29, 0.717) is 63.9 Å². The summed E-state index contributed by atoms with van der Waals surface area (Å²) in [7, 11) is 4.63. The Morgan fingerprint density at radius 2 is 1.39 bits per heavy atom. The Labute approximate surface area is 367 Å². The number of amides is 5. The minimum atomic E-state index is -1.04. The molecule has 2 aromatic carbocycles. The Balaban J connectivity index is 1.50. The van der Waals surface area contributed by atoms with Gasteiger partial charge in [0.1, 0.15) is 36.0 Å². The van der Waals surface area contributed by atoms with Crippen molar-refractivity contribution in [2.24, 2.45) is 23.2 Å². The van der Waals surface area contributed by atoms with Gasteiger partial charge in [-0.05, 0) is 80.0 Å². The summed E-state index contributed by atoms with van der Waals surface area (Å²) in [6.45, 7) is 12.2. The molecule has 0 unspecified atom stereocenters. The van der Waals surface area contributed by atoms with Gasteiger partial charge < -0.3 is 39.5 Å². The van der Waals surface area contributed by atoms with Gasteiger partial charge in [-0.1, -0.05) is 77.1 Å². The first-order chi connectivity index (χ1) is 29.3. The van der Waals surface area contributed by atoms with E-state index in [9.17, 15) is 33.9 Å². The van der Waals surface area contributed by atoms with Crippen molar-refractivity contribution < 1.29 is 43.3 Å². The molecule has 5 amide bonds. The third-order valence-electron chi connectivity index (χ3n) is 13.3. The number of fused-ring (bicyclic) bond motifs is 19. The summed E-state index contributed by atoms with van der Waals surface area (Å²) in [4.78, 5) is 91.5. The zero-order valence-electron chi connectivity index (χ0n) is 38.2. The van der Waals surface area contributed by atoms with Crippen molar-refractivity contribution in [1.29, 1.82) is 0 Å². The topological polar surface area (TPSA) is 166 Å². The van der Waals surface area contributed by atoms with E-state index in [4.69, 9.17) is 9.47 Å². The van der Waals surface area contributed by atoms with Gasteiger partial charge in [0, 0.05) is 52.5 Å². The fraction of sp³-hybridized carbons (Fsp3) is 0.625. The summed E-state index contributed by atoms with van der Waals surface area (Å²) in [5.74, 6) is -3.04. The Morgan fingerprint density at radius 3 is 2.00 bits per heavy atom. The van der Waals surface area contributed by atoms with Crippen LogP contribution in [0, 0.1) is 23.2 Å². The van der Waals surface area contributed by atoms with E-state index in [-0.39, 0.29) is 30.6 Å². The van der Waals surface area contributed by atoms with Crippen molar-refractivity contribution in [2.75, 3.05) is 40.8 Å². The molecule has 14 heteroatoms. The monoisotopic (exact) mass is 860 g/mol. The molecule has 62 heavy (non-hydrogen) atoms. The van der Waals surface area contributed by atoms with Crippen LogP contribution >= 0.6 is 0 Å². The molecule has 0 radical (unpaired) electrons. The van der Waals surface area contributed by atoms with E-state index in [1.807, 2.05) is 70.2 Å². The third-order valence-corrected chi connectivity index (χ3v) is 13.3. The van der Waals surface area contributed by atoms with Crippen molar-refractivity contribution in [3.63, 3.8) is 0 Å². The van der Waals surface area contributed by atoms with Crippen LogP contribution in [-0.2, 0) is 46.3 Å². The van der Waals surface area contributed by atoms with Gasteiger partial charge in [-0.25, -0.2) is 4.79 Å². The summed E-state index contributed by atoms with van der Waals surface area (Å²) >= 11 is 0. The van der Waals surface area contributed by atoms with Crippen molar-refractivity contribution in [3.05, 3.63) is 65.7 Å². The zero-order chi connectivity index (χ0) is 45.5. The first-order valence-corrected chi connectivity index (χ1v) is 22.3. The van der Waals surface area contributed by atoms with E-state index in [1.54, 1.807) is 45.0 Å². The molecule has 0 saturated carbocycles. The zero-order valence-corrected chi connectivity index (χ0v) is 38.2. The second kappa shape index (κ2) is 20.9. The second-order valence-electron chi connectivity index (χ2n) is 18.9. The molecule has 14 nitrogen and oxygen atoms in total. The highest BCUT2D eigenvalue weighted by Crippen LogP contribution is 2.33. The normalized spacial score (nSPS) is 29.5. The third kappa shape index (κ3) is 11.7. The van der Waals surface area contributed by atoms with Gasteiger partial charge in [0.2, 0.25) is 29.5 Å². The average molecular weight is 860 g/mol. The van der Waals surface area contributed by atoms with Crippen LogP contribution in [0.25, 0.3) is 0 Å². The molecule has 6 rings (SSSR count). The maximum atomic E-state index is 14.8. The molecule has 8 atom stereocenters. The van der Waals surface area contributed by atoms with Crippen LogP contribution in [0.3, 0.4) is 0 Å². The second-order valence-corrected chi connectivity index (χ2v) is 18.9. The first kappa shape index (κ1) is 48.1. The van der Waals surface area contributed by atoms with Crippen LogP contribution in [0.1, 0.15) is 91.2 Å². The number of carbonyl (C=O) groups excluding carboxylic acids is 6. The van der Waals surface area contributed by atoms with Crippen molar-refractivity contribution >= 4 is 35.5 Å². The SMILES string of the molecule is COc1ccc(C[C@@H]2NC(=O)C3CCN(CC3)C(=O)[C@H](C)[C@@H](O)C[C@H](C)C[C@@H](C(C)(C)C)OC(=O)[C@@H]3CCCN3C(=O)[C@H](Cc3ccccc3)N(C)C(=O)[C@@H](C)N(C)C2=O)cc1. The van der Waals surface area contributed by atoms with Crippen LogP contribution in [0.4, 0.5) is 0 Å². The van der Waals surface area contributed by atoms with Gasteiger partial charge in [0.05, 0.1) is 19.1 Å². The summed E-state index contributed by atoms with van der Waals surface area (Å²) in [6, 6.07) is 12.6. The van der Waals surface area contributed by atoms with Gasteiger partial charge >= 0.3 is 5.97 Å². The molecule has 0 spiro atoms. The summed E-state index contributed by atoms with van der Waals surface area (Å²) in [6.07, 6.45) is 1.29. The fourth-order valence-corrected chi connectivity index (χ4v) is 8.92. The van der Waals surface area contributed by atoms with E-state index >= 15 is 0 Å². The number of esters is 1. The molecule has 4 aliphatic rings. The van der Waals surface area contributed by atoms with Crippen LogP contribution < -0.4 is 10.1 Å². The lowest BCUT2D eigenvalue weighted by atomic mass is 9.81. The molecule has 4 aliphatic heterocycles. The van der Waals surface area contributed by atoms with Crippen molar-refractivity contribution in [3.8, 4) is 5.75 Å². The molecule has 2 aromatic rings. The predicted molar refractivity (Wildman–Crippen MR) is 235 cm³/mol. The van der Waals surface area contributed by atoms with Crippen LogP contribution in [0.2, 0.25) is 0 Å². The minimum absolute atomic E-state index is 0.119. The Kier molecular flexibility index (Phi) is 16.2. The molecule has 4 fully saturated rings. The number of likely N-dealkylation sites (N-methyl/N-ethyl adjacent to an activating group) is 2. The molecule has 4 heterocycles. The molecule has 0 aromatic heterocycles. The maximum absolute atomic E-state index is 14.8. The van der Waals surface area contributed by atoms with E-state index in [2.05, 4.69) is 5.32 Å². The molecule has 4 saturated heterocycles. The number of methoxy groups -OCH3 is 1. The number of rotatable bonds is 5.